The minimum atomic E-state index is -2.36. The van der Waals surface area contributed by atoms with Crippen LogP contribution in [0.5, 0.6) is 0 Å². The fraction of sp³-hybridized carbons (Fsp3) is 0.526. The van der Waals surface area contributed by atoms with Crippen LogP contribution >= 0.6 is 12.2 Å². The molecule has 3 atom stereocenters. The largest absolute Gasteiger partial charge is 0.479 e. The van der Waals surface area contributed by atoms with E-state index in [0.717, 1.165) is 36.4 Å². The fourth-order valence-corrected chi connectivity index (χ4v) is 7.44. The number of hydrogen-bond acceptors (Lipinski definition) is 7. The van der Waals surface area contributed by atoms with Gasteiger partial charge in [-0.25, -0.2) is 9.59 Å². The molecular weight excluding hydrogens is 657 g/mol. The van der Waals surface area contributed by atoms with Gasteiger partial charge in [0.25, 0.3) is 5.17 Å². The van der Waals surface area contributed by atoms with Gasteiger partial charge in [0.05, 0.1) is 18.6 Å². The molecule has 2 aromatic carbocycles. The lowest BCUT2D eigenvalue weighted by Gasteiger charge is -2.39. The van der Waals surface area contributed by atoms with Crippen molar-refractivity contribution < 1.29 is 34.1 Å². The molecular formula is C38H54N2O7SSi. The van der Waals surface area contributed by atoms with Gasteiger partial charge in [-0.15, -0.1) is 0 Å². The highest BCUT2D eigenvalue weighted by molar-refractivity contribution is 7.80. The number of nitrogens with zero attached hydrogens (tertiary/aromatic N) is 1. The van der Waals surface area contributed by atoms with E-state index in [4.69, 9.17) is 21.7 Å². The van der Waals surface area contributed by atoms with E-state index in [2.05, 4.69) is 25.0 Å². The van der Waals surface area contributed by atoms with Gasteiger partial charge in [-0.2, -0.15) is 0 Å². The molecule has 2 aromatic rings. The Bertz CT molecular complexity index is 1390. The Hall–Kier alpha value is -3.54. The maximum absolute atomic E-state index is 14.7. The Morgan fingerprint density at radius 1 is 1.04 bits per heavy atom. The molecule has 0 radical (unpaired) electrons. The van der Waals surface area contributed by atoms with Gasteiger partial charge >= 0.3 is 12.1 Å². The molecule has 0 aliphatic carbocycles. The van der Waals surface area contributed by atoms with E-state index < -0.39 is 49.2 Å². The first-order chi connectivity index (χ1) is 23.2. The summed E-state index contributed by atoms with van der Waals surface area (Å²) in [5.74, 6) is -3.68. The van der Waals surface area contributed by atoms with Gasteiger partial charge in [-0.05, 0) is 49.9 Å². The number of thiocarbonyl (C=S) groups is 1. The molecule has 0 aromatic heterocycles. The van der Waals surface area contributed by atoms with Crippen molar-refractivity contribution in [3.63, 3.8) is 0 Å². The zero-order valence-electron chi connectivity index (χ0n) is 29.8. The van der Waals surface area contributed by atoms with Gasteiger partial charge in [-0.1, -0.05) is 126 Å². The lowest BCUT2D eigenvalue weighted by atomic mass is 9.75. The molecule has 1 aliphatic rings. The maximum Gasteiger partial charge on any atom is 0.407 e. The van der Waals surface area contributed by atoms with E-state index in [-0.39, 0.29) is 17.5 Å². The predicted molar refractivity (Wildman–Crippen MR) is 199 cm³/mol. The van der Waals surface area contributed by atoms with Crippen LogP contribution < -0.4 is 5.32 Å². The molecule has 1 fully saturated rings. The smallest absolute Gasteiger partial charge is 0.407 e. The number of benzene rings is 2. The van der Waals surface area contributed by atoms with Gasteiger partial charge in [-0.3, -0.25) is 9.69 Å². The number of carboxylic acid groups (broad SMARTS) is 1. The third-order valence-electron chi connectivity index (χ3n) is 8.93. The molecule has 11 heteroatoms. The molecule has 49 heavy (non-hydrogen) atoms. The number of unbranched alkanes of at least 4 members (excludes halogenated alkanes) is 3. The molecule has 3 rings (SSSR count). The molecule has 2 amide bonds. The molecule has 0 unspecified atom stereocenters. The van der Waals surface area contributed by atoms with Crippen LogP contribution in [0.25, 0.3) is 0 Å². The van der Waals surface area contributed by atoms with E-state index in [1.165, 1.54) is 11.0 Å². The van der Waals surface area contributed by atoms with Crippen LogP contribution in [0.4, 0.5) is 4.79 Å². The summed E-state index contributed by atoms with van der Waals surface area (Å²) in [6, 6.07) is 19.5. The predicted octanol–water partition coefficient (Wildman–Crippen LogP) is 7.51. The topological polar surface area (TPSA) is 125 Å². The van der Waals surface area contributed by atoms with Gasteiger partial charge in [0.2, 0.25) is 5.91 Å². The lowest BCUT2D eigenvalue weighted by Crippen LogP contribution is -2.56. The highest BCUT2D eigenvalue weighted by atomic mass is 32.1. The number of allylic oxidation sites excluding steroid dienone is 1. The van der Waals surface area contributed by atoms with Gasteiger partial charge < -0.3 is 25.0 Å². The van der Waals surface area contributed by atoms with Crippen molar-refractivity contribution in [2.75, 3.05) is 13.2 Å². The van der Waals surface area contributed by atoms with Crippen LogP contribution in [-0.2, 0) is 24.7 Å². The van der Waals surface area contributed by atoms with Gasteiger partial charge in [0, 0.05) is 25.7 Å². The Kier molecular flexibility index (Phi) is 14.6. The maximum atomic E-state index is 14.7. The Labute approximate surface area is 298 Å². The summed E-state index contributed by atoms with van der Waals surface area (Å²) in [7, 11) is -1.27. The highest BCUT2D eigenvalue weighted by Crippen LogP contribution is 2.48. The monoisotopic (exact) mass is 710 g/mol. The standard InChI is InChI=1S/C38H54N2O7SSi/c1-7-24-37(45,34(42)43)31(23-17-9-8-10-18-25-39-35(44)46-26-27-49(4,5)6)33(41)40-32(28(2)3)38(47-36(40)48,29-19-13-11-14-20-29)30-21-15-12-16-22-30/h11-17,19-23,28,31-32,45H,7-10,18,24-27H2,1-6H3,(H,39,44)(H,42,43)/b23-17+/t31-,32+,37+/m1/s1. The summed E-state index contributed by atoms with van der Waals surface area (Å²) in [6.45, 7) is 13.3. The molecule has 1 aliphatic heterocycles. The highest BCUT2D eigenvalue weighted by Gasteiger charge is 2.60. The third-order valence-corrected chi connectivity index (χ3v) is 10.9. The number of nitrogens with one attached hydrogen (secondary N) is 1. The number of carbonyl (C=O) groups excluding carboxylic acids is 2. The van der Waals surface area contributed by atoms with Crippen molar-refractivity contribution in [1.29, 1.82) is 0 Å². The molecule has 3 N–H and O–H groups in total. The summed E-state index contributed by atoms with van der Waals surface area (Å²) in [5.41, 5.74) is -1.90. The van der Waals surface area contributed by atoms with Crippen LogP contribution in [0.1, 0.15) is 70.4 Å². The molecule has 0 bridgehead atoms. The van der Waals surface area contributed by atoms with Crippen LogP contribution in [0, 0.1) is 11.8 Å². The van der Waals surface area contributed by atoms with Crippen LogP contribution in [0.15, 0.2) is 72.8 Å². The quantitative estimate of drug-likeness (QED) is 0.0629. The van der Waals surface area contributed by atoms with Crippen LogP contribution in [-0.4, -0.2) is 71.1 Å². The Morgan fingerprint density at radius 3 is 2.14 bits per heavy atom. The van der Waals surface area contributed by atoms with E-state index in [0.29, 0.717) is 26.0 Å². The van der Waals surface area contributed by atoms with Crippen molar-refractivity contribution in [3.8, 4) is 0 Å². The zero-order valence-corrected chi connectivity index (χ0v) is 31.6. The van der Waals surface area contributed by atoms with E-state index in [9.17, 15) is 24.6 Å². The normalized spacial score (nSPS) is 17.8. The minimum absolute atomic E-state index is 0.0643. The summed E-state index contributed by atoms with van der Waals surface area (Å²) < 4.78 is 11.9. The van der Waals surface area contributed by atoms with E-state index in [1.807, 2.05) is 74.5 Å². The van der Waals surface area contributed by atoms with Gasteiger partial charge in [0.15, 0.2) is 11.2 Å². The minimum Gasteiger partial charge on any atom is -0.479 e. The van der Waals surface area contributed by atoms with Crippen molar-refractivity contribution >= 4 is 43.4 Å². The average Bonchev–Trinajstić information content (AvgIpc) is 3.38. The first-order valence-corrected chi connectivity index (χ1v) is 21.5. The summed E-state index contributed by atoms with van der Waals surface area (Å²) >= 11 is 5.78. The molecule has 0 spiro atoms. The number of carboxylic acids is 1. The number of alkyl carbamates (subject to hydrolysis) is 1. The van der Waals surface area contributed by atoms with Crippen molar-refractivity contribution in [2.45, 2.75) is 102 Å². The number of ether oxygens (including phenoxy) is 2. The summed E-state index contributed by atoms with van der Waals surface area (Å²) in [4.78, 5) is 40.7. The average molecular weight is 711 g/mol. The van der Waals surface area contributed by atoms with Crippen molar-refractivity contribution in [3.05, 3.63) is 83.9 Å². The second-order valence-electron chi connectivity index (χ2n) is 14.3. The Balaban J connectivity index is 1.82. The van der Waals surface area contributed by atoms with Crippen LogP contribution in [0.3, 0.4) is 0 Å². The van der Waals surface area contributed by atoms with Gasteiger partial charge in [0.1, 0.15) is 0 Å². The van der Waals surface area contributed by atoms with Crippen molar-refractivity contribution in [1.82, 2.24) is 10.2 Å². The summed E-state index contributed by atoms with van der Waals surface area (Å²) in [6.07, 6.45) is 5.93. The SMILES string of the molecule is CCC[C@@](O)(C(=O)O)[C@H](/C=C/CCCCCNC(=O)OCC[Si](C)(C)C)C(=O)N1C(=S)OC(c2ccccc2)(c2ccccc2)[C@@H]1C(C)C. The van der Waals surface area contributed by atoms with E-state index in [1.54, 1.807) is 13.0 Å². The number of rotatable bonds is 18. The molecule has 9 nitrogen and oxygen atoms in total. The molecule has 1 saturated heterocycles. The number of amides is 2. The molecule has 0 saturated carbocycles. The summed E-state index contributed by atoms with van der Waals surface area (Å²) in [5, 5.41) is 24.7. The molecule has 268 valence electrons. The van der Waals surface area contributed by atoms with Crippen molar-refractivity contribution in [2.24, 2.45) is 11.8 Å². The number of hydrogen-bond donors (Lipinski definition) is 3. The number of aliphatic hydroxyl groups is 1. The number of carbonyl (C=O) groups is 3. The fourth-order valence-electron chi connectivity index (χ4n) is 6.39. The van der Waals surface area contributed by atoms with E-state index >= 15 is 0 Å². The van der Waals surface area contributed by atoms with Crippen LogP contribution in [0.2, 0.25) is 25.7 Å². The molecule has 1 heterocycles. The number of aliphatic carboxylic acids is 1. The second kappa shape index (κ2) is 17.9. The second-order valence-corrected chi connectivity index (χ2v) is 20.3. The lowest BCUT2D eigenvalue weighted by molar-refractivity contribution is -0.169. The zero-order chi connectivity index (χ0) is 36.2. The Morgan fingerprint density at radius 2 is 1.63 bits per heavy atom. The first-order valence-electron chi connectivity index (χ1n) is 17.4. The third kappa shape index (κ3) is 10.0. The first kappa shape index (κ1) is 39.9.